The number of aryl methyl sites for hydroxylation is 1. The summed E-state index contributed by atoms with van der Waals surface area (Å²) in [4.78, 5) is 0. The topological polar surface area (TPSA) is 13.1 Å². The molecule has 0 fully saturated rings. The van der Waals surface area contributed by atoms with E-state index in [1.54, 1.807) is 0 Å². The lowest BCUT2D eigenvalue weighted by atomic mass is 10.00. The molecule has 0 bridgehead atoms. The molecule has 14 heavy (non-hydrogen) atoms. The zero-order valence-corrected chi connectivity index (χ0v) is 9.84. The Morgan fingerprint density at radius 3 is 2.43 bits per heavy atom. The van der Waals surface area contributed by atoms with E-state index >= 15 is 0 Å². The molecule has 1 heteroatoms. The van der Waals surface area contributed by atoms with Gasteiger partial charge in [-0.25, -0.2) is 0 Å². The zero-order chi connectivity index (χ0) is 10.6. The molecular weight excluding hydrogens is 172 g/mol. The summed E-state index contributed by atoms with van der Waals surface area (Å²) in [6, 6.07) is 2.13. The molecule has 0 unspecified atom stereocenters. The maximum atomic E-state index is 5.51. The Bertz CT molecular complexity index is 258. The van der Waals surface area contributed by atoms with Crippen molar-refractivity contribution in [3.8, 4) is 0 Å². The van der Waals surface area contributed by atoms with Crippen molar-refractivity contribution in [1.82, 2.24) is 0 Å². The van der Waals surface area contributed by atoms with E-state index in [-0.39, 0.29) is 0 Å². The summed E-state index contributed by atoms with van der Waals surface area (Å²) in [7, 11) is 0. The van der Waals surface area contributed by atoms with Crippen LogP contribution in [-0.2, 0) is 12.8 Å². The molecule has 0 aliphatic heterocycles. The van der Waals surface area contributed by atoms with Crippen LogP contribution in [0.1, 0.15) is 45.4 Å². The van der Waals surface area contributed by atoms with Crippen LogP contribution >= 0.6 is 0 Å². The van der Waals surface area contributed by atoms with Crippen LogP contribution in [0.5, 0.6) is 0 Å². The molecule has 0 spiro atoms. The summed E-state index contributed by atoms with van der Waals surface area (Å²) in [5, 5.41) is 0. The predicted molar refractivity (Wildman–Crippen MR) is 60.4 cm³/mol. The van der Waals surface area contributed by atoms with Crippen LogP contribution in [-0.4, -0.2) is 0 Å². The molecule has 0 saturated carbocycles. The van der Waals surface area contributed by atoms with Gasteiger partial charge in [0, 0.05) is 6.42 Å². The van der Waals surface area contributed by atoms with Gasteiger partial charge >= 0.3 is 0 Å². The fraction of sp³-hybridized carbons (Fsp3) is 0.692. The van der Waals surface area contributed by atoms with E-state index in [2.05, 4.69) is 33.8 Å². The quantitative estimate of drug-likeness (QED) is 0.688. The van der Waals surface area contributed by atoms with E-state index in [0.29, 0.717) is 5.92 Å². The Morgan fingerprint density at radius 2 is 1.86 bits per heavy atom. The Balaban J connectivity index is 2.53. The summed E-state index contributed by atoms with van der Waals surface area (Å²) in [6.07, 6.45) is 5.31. The molecule has 1 nitrogen and oxygen atoms in total. The van der Waals surface area contributed by atoms with Crippen LogP contribution in [0.25, 0.3) is 0 Å². The Hall–Kier alpha value is -0.720. The van der Waals surface area contributed by atoms with Crippen molar-refractivity contribution in [1.29, 1.82) is 0 Å². The monoisotopic (exact) mass is 194 g/mol. The van der Waals surface area contributed by atoms with Crippen LogP contribution in [0, 0.1) is 11.8 Å². The van der Waals surface area contributed by atoms with Gasteiger partial charge in [-0.3, -0.25) is 0 Å². The maximum Gasteiger partial charge on any atom is 0.107 e. The molecule has 1 rings (SSSR count). The second-order valence-corrected chi connectivity index (χ2v) is 4.90. The van der Waals surface area contributed by atoms with Crippen molar-refractivity contribution < 1.29 is 4.42 Å². The van der Waals surface area contributed by atoms with E-state index < -0.39 is 0 Å². The lowest BCUT2D eigenvalue weighted by molar-refractivity contribution is 0.464. The highest BCUT2D eigenvalue weighted by molar-refractivity contribution is 5.17. The van der Waals surface area contributed by atoms with Gasteiger partial charge in [0.05, 0.1) is 6.26 Å². The third-order valence-electron chi connectivity index (χ3n) is 2.42. The molecule has 0 aliphatic rings. The highest BCUT2D eigenvalue weighted by Gasteiger charge is 2.08. The average Bonchev–Trinajstić information content (AvgIpc) is 2.47. The molecule has 1 aromatic heterocycles. The first-order valence-corrected chi connectivity index (χ1v) is 5.64. The highest BCUT2D eigenvalue weighted by Crippen LogP contribution is 2.18. The molecule has 1 aromatic rings. The summed E-state index contributed by atoms with van der Waals surface area (Å²) in [6.45, 7) is 8.99. The second kappa shape index (κ2) is 5.23. The number of hydrogen-bond donors (Lipinski definition) is 0. The van der Waals surface area contributed by atoms with Crippen molar-refractivity contribution in [2.24, 2.45) is 11.8 Å². The van der Waals surface area contributed by atoms with Crippen molar-refractivity contribution >= 4 is 0 Å². The Morgan fingerprint density at radius 1 is 1.14 bits per heavy atom. The van der Waals surface area contributed by atoms with Gasteiger partial charge in [-0.15, -0.1) is 0 Å². The van der Waals surface area contributed by atoms with Crippen LogP contribution in [0.4, 0.5) is 0 Å². The minimum absolute atomic E-state index is 0.680. The molecule has 1 heterocycles. The number of hydrogen-bond acceptors (Lipinski definition) is 1. The third kappa shape index (κ3) is 3.57. The minimum Gasteiger partial charge on any atom is -0.469 e. The van der Waals surface area contributed by atoms with E-state index in [4.69, 9.17) is 4.42 Å². The standard InChI is InChI=1S/C13H22O/c1-10(2)5-6-12-7-8-14-13(12)9-11(3)4/h7-8,10-11H,5-6,9H2,1-4H3. The van der Waals surface area contributed by atoms with E-state index in [1.165, 1.54) is 17.7 Å². The van der Waals surface area contributed by atoms with Gasteiger partial charge in [-0.2, -0.15) is 0 Å². The van der Waals surface area contributed by atoms with Gasteiger partial charge in [0.15, 0.2) is 0 Å². The second-order valence-electron chi connectivity index (χ2n) is 4.90. The van der Waals surface area contributed by atoms with Crippen LogP contribution in [0.15, 0.2) is 16.7 Å². The van der Waals surface area contributed by atoms with E-state index in [1.807, 2.05) is 6.26 Å². The van der Waals surface area contributed by atoms with Crippen molar-refractivity contribution in [2.75, 3.05) is 0 Å². The normalized spacial score (nSPS) is 11.6. The predicted octanol–water partition coefficient (Wildman–Crippen LogP) is 4.07. The molecule has 0 aromatic carbocycles. The lowest BCUT2D eigenvalue weighted by Crippen LogP contribution is -1.98. The van der Waals surface area contributed by atoms with Gasteiger partial charge in [0.2, 0.25) is 0 Å². The number of rotatable bonds is 5. The van der Waals surface area contributed by atoms with Crippen molar-refractivity contribution in [2.45, 2.75) is 47.0 Å². The SMILES string of the molecule is CC(C)CCc1ccoc1CC(C)C. The van der Waals surface area contributed by atoms with Crippen LogP contribution in [0.3, 0.4) is 0 Å². The first kappa shape index (κ1) is 11.4. The van der Waals surface area contributed by atoms with Crippen molar-refractivity contribution in [3.63, 3.8) is 0 Å². The molecule has 0 atom stereocenters. The molecule has 0 N–H and O–H groups in total. The Kier molecular flexibility index (Phi) is 4.24. The fourth-order valence-corrected chi connectivity index (χ4v) is 1.58. The zero-order valence-electron chi connectivity index (χ0n) is 9.84. The highest BCUT2D eigenvalue weighted by atomic mass is 16.3. The van der Waals surface area contributed by atoms with Gasteiger partial charge in [0.25, 0.3) is 0 Å². The van der Waals surface area contributed by atoms with E-state index in [0.717, 1.165) is 18.8 Å². The largest absolute Gasteiger partial charge is 0.469 e. The summed E-state index contributed by atoms with van der Waals surface area (Å²) < 4.78 is 5.51. The van der Waals surface area contributed by atoms with Gasteiger partial charge in [0.1, 0.15) is 5.76 Å². The molecule has 0 aliphatic carbocycles. The molecule has 0 amide bonds. The van der Waals surface area contributed by atoms with E-state index in [9.17, 15) is 0 Å². The number of furan rings is 1. The fourth-order valence-electron chi connectivity index (χ4n) is 1.58. The van der Waals surface area contributed by atoms with Crippen molar-refractivity contribution in [3.05, 3.63) is 23.7 Å². The molecule has 0 radical (unpaired) electrons. The van der Waals surface area contributed by atoms with Gasteiger partial charge in [-0.05, 0) is 36.3 Å². The minimum atomic E-state index is 0.680. The summed E-state index contributed by atoms with van der Waals surface area (Å²) in [5.41, 5.74) is 1.41. The maximum absolute atomic E-state index is 5.51. The Labute approximate surface area is 87.5 Å². The van der Waals surface area contributed by atoms with Gasteiger partial charge < -0.3 is 4.42 Å². The first-order valence-electron chi connectivity index (χ1n) is 5.64. The smallest absolute Gasteiger partial charge is 0.107 e. The summed E-state index contributed by atoms with van der Waals surface area (Å²) >= 11 is 0. The third-order valence-corrected chi connectivity index (χ3v) is 2.42. The molecule has 0 saturated heterocycles. The first-order chi connectivity index (χ1) is 6.59. The van der Waals surface area contributed by atoms with Crippen LogP contribution in [0.2, 0.25) is 0 Å². The molecular formula is C13H22O. The lowest BCUT2D eigenvalue weighted by Gasteiger charge is -2.06. The van der Waals surface area contributed by atoms with Gasteiger partial charge in [-0.1, -0.05) is 27.7 Å². The summed E-state index contributed by atoms with van der Waals surface area (Å²) in [5.74, 6) is 2.65. The van der Waals surface area contributed by atoms with Crippen LogP contribution < -0.4 is 0 Å². The molecule has 80 valence electrons. The average molecular weight is 194 g/mol.